The topological polar surface area (TPSA) is 38.3 Å². The van der Waals surface area contributed by atoms with Gasteiger partial charge in [-0.15, -0.1) is 0 Å². The molecule has 0 aliphatic rings. The lowest BCUT2D eigenvalue weighted by Gasteiger charge is -2.09. The Hall–Kier alpha value is -0.300. The van der Waals surface area contributed by atoms with Crippen molar-refractivity contribution >= 4 is 44.4 Å². The molecule has 1 aromatic carbocycles. The first-order valence-corrected chi connectivity index (χ1v) is 7.18. The maximum atomic E-state index is 11.8. The van der Waals surface area contributed by atoms with Crippen LogP contribution in [0.5, 0.6) is 5.75 Å². The SMILES string of the molecule is COc1cc(Br)ccc1C(=O)NCCCI. The highest BCUT2D eigenvalue weighted by Crippen LogP contribution is 2.23. The molecule has 0 radical (unpaired) electrons. The fourth-order valence-electron chi connectivity index (χ4n) is 1.22. The molecule has 0 unspecified atom stereocenters. The lowest BCUT2D eigenvalue weighted by Crippen LogP contribution is -2.25. The number of carbonyl (C=O) groups is 1. The van der Waals surface area contributed by atoms with E-state index in [-0.39, 0.29) is 5.91 Å². The first-order chi connectivity index (χ1) is 7.69. The third-order valence-corrected chi connectivity index (χ3v) is 3.26. The van der Waals surface area contributed by atoms with Gasteiger partial charge in [-0.25, -0.2) is 0 Å². The van der Waals surface area contributed by atoms with Crippen LogP contribution < -0.4 is 10.1 Å². The van der Waals surface area contributed by atoms with Gasteiger partial charge in [0.25, 0.3) is 5.91 Å². The maximum absolute atomic E-state index is 11.8. The van der Waals surface area contributed by atoms with E-state index in [1.807, 2.05) is 6.07 Å². The van der Waals surface area contributed by atoms with Crippen molar-refractivity contribution < 1.29 is 9.53 Å². The molecule has 0 spiro atoms. The summed E-state index contributed by atoms with van der Waals surface area (Å²) in [6.45, 7) is 0.695. The van der Waals surface area contributed by atoms with Crippen LogP contribution in [-0.2, 0) is 0 Å². The van der Waals surface area contributed by atoms with Crippen LogP contribution in [0.2, 0.25) is 0 Å². The number of hydrogen-bond acceptors (Lipinski definition) is 2. The number of benzene rings is 1. The maximum Gasteiger partial charge on any atom is 0.255 e. The van der Waals surface area contributed by atoms with Crippen molar-refractivity contribution in [3.05, 3.63) is 28.2 Å². The quantitative estimate of drug-likeness (QED) is 0.471. The van der Waals surface area contributed by atoms with Crippen LogP contribution >= 0.6 is 38.5 Å². The summed E-state index contributed by atoms with van der Waals surface area (Å²) in [6, 6.07) is 5.37. The zero-order chi connectivity index (χ0) is 12.0. The fourth-order valence-corrected chi connectivity index (χ4v) is 1.94. The van der Waals surface area contributed by atoms with Gasteiger partial charge >= 0.3 is 0 Å². The largest absolute Gasteiger partial charge is 0.496 e. The molecule has 88 valence electrons. The van der Waals surface area contributed by atoms with E-state index in [9.17, 15) is 4.79 Å². The molecule has 16 heavy (non-hydrogen) atoms. The number of halogens is 2. The Balaban J connectivity index is 2.74. The van der Waals surface area contributed by atoms with Crippen LogP contribution in [0.15, 0.2) is 22.7 Å². The average Bonchev–Trinajstić information content (AvgIpc) is 2.29. The van der Waals surface area contributed by atoms with Gasteiger partial charge in [0, 0.05) is 15.4 Å². The van der Waals surface area contributed by atoms with Gasteiger partial charge in [0.05, 0.1) is 12.7 Å². The Morgan fingerprint density at radius 3 is 2.94 bits per heavy atom. The highest BCUT2D eigenvalue weighted by Gasteiger charge is 2.11. The van der Waals surface area contributed by atoms with Crippen molar-refractivity contribution in [2.45, 2.75) is 6.42 Å². The van der Waals surface area contributed by atoms with Gasteiger partial charge < -0.3 is 10.1 Å². The minimum atomic E-state index is -0.0887. The predicted octanol–water partition coefficient (Wildman–Crippen LogP) is 3.01. The fraction of sp³-hybridized carbons (Fsp3) is 0.364. The number of carbonyl (C=O) groups excluding carboxylic acids is 1. The number of alkyl halides is 1. The summed E-state index contributed by atoms with van der Waals surface area (Å²) in [4.78, 5) is 11.8. The third kappa shape index (κ3) is 3.93. The predicted molar refractivity (Wildman–Crippen MR) is 76.5 cm³/mol. The van der Waals surface area contributed by atoms with Gasteiger partial charge in [0.15, 0.2) is 0 Å². The monoisotopic (exact) mass is 397 g/mol. The number of hydrogen-bond donors (Lipinski definition) is 1. The van der Waals surface area contributed by atoms with Crippen LogP contribution in [0.4, 0.5) is 0 Å². The molecule has 0 fully saturated rings. The van der Waals surface area contributed by atoms with E-state index in [0.29, 0.717) is 17.9 Å². The Kier molecular flexibility index (Phi) is 6.12. The molecule has 1 rings (SSSR count). The molecule has 3 nitrogen and oxygen atoms in total. The molecule has 0 aromatic heterocycles. The lowest BCUT2D eigenvalue weighted by molar-refractivity contribution is 0.0951. The van der Waals surface area contributed by atoms with Crippen LogP contribution in [0, 0.1) is 0 Å². The van der Waals surface area contributed by atoms with E-state index < -0.39 is 0 Å². The number of rotatable bonds is 5. The summed E-state index contributed by atoms with van der Waals surface area (Å²) >= 11 is 5.62. The lowest BCUT2D eigenvalue weighted by atomic mass is 10.2. The molecule has 1 amide bonds. The molecule has 1 aromatic rings. The molecule has 5 heteroatoms. The first-order valence-electron chi connectivity index (χ1n) is 4.86. The van der Waals surface area contributed by atoms with E-state index >= 15 is 0 Å². The summed E-state index contributed by atoms with van der Waals surface area (Å²) in [6.07, 6.45) is 0.977. The molecule has 0 bridgehead atoms. The average molecular weight is 398 g/mol. The Morgan fingerprint density at radius 2 is 2.31 bits per heavy atom. The molecular formula is C11H13BrINO2. The highest BCUT2D eigenvalue weighted by molar-refractivity contribution is 14.1. The van der Waals surface area contributed by atoms with Gasteiger partial charge in [-0.05, 0) is 24.6 Å². The second-order valence-corrected chi connectivity index (χ2v) is 5.14. The van der Waals surface area contributed by atoms with E-state index in [2.05, 4.69) is 43.8 Å². The summed E-state index contributed by atoms with van der Waals surface area (Å²) in [5, 5.41) is 2.86. The van der Waals surface area contributed by atoms with Crippen molar-refractivity contribution in [3.63, 3.8) is 0 Å². The van der Waals surface area contributed by atoms with Crippen molar-refractivity contribution in [1.29, 1.82) is 0 Å². The smallest absolute Gasteiger partial charge is 0.255 e. The zero-order valence-electron chi connectivity index (χ0n) is 8.93. The minimum Gasteiger partial charge on any atom is -0.496 e. The summed E-state index contributed by atoms with van der Waals surface area (Å²) in [7, 11) is 1.56. The van der Waals surface area contributed by atoms with Crippen LogP contribution in [0.1, 0.15) is 16.8 Å². The molecule has 0 aliphatic carbocycles. The zero-order valence-corrected chi connectivity index (χ0v) is 12.7. The Morgan fingerprint density at radius 1 is 1.56 bits per heavy atom. The number of nitrogens with one attached hydrogen (secondary N) is 1. The minimum absolute atomic E-state index is 0.0887. The third-order valence-electron chi connectivity index (χ3n) is 2.00. The van der Waals surface area contributed by atoms with Crippen LogP contribution in [0.3, 0.4) is 0 Å². The molecule has 0 heterocycles. The van der Waals surface area contributed by atoms with E-state index in [1.54, 1.807) is 19.2 Å². The first kappa shape index (κ1) is 13.8. The van der Waals surface area contributed by atoms with E-state index in [0.717, 1.165) is 15.3 Å². The van der Waals surface area contributed by atoms with Crippen molar-refractivity contribution in [1.82, 2.24) is 5.32 Å². The Labute approximate surface area is 117 Å². The second kappa shape index (κ2) is 7.11. The van der Waals surface area contributed by atoms with Gasteiger partial charge in [-0.1, -0.05) is 38.5 Å². The second-order valence-electron chi connectivity index (χ2n) is 3.14. The highest BCUT2D eigenvalue weighted by atomic mass is 127. The van der Waals surface area contributed by atoms with Crippen molar-refractivity contribution in [3.8, 4) is 5.75 Å². The number of ether oxygens (including phenoxy) is 1. The summed E-state index contributed by atoms with van der Waals surface area (Å²) in [5.41, 5.74) is 0.569. The van der Waals surface area contributed by atoms with Gasteiger partial charge in [0.1, 0.15) is 5.75 Å². The molecule has 0 saturated carbocycles. The van der Waals surface area contributed by atoms with Crippen LogP contribution in [-0.4, -0.2) is 24.0 Å². The van der Waals surface area contributed by atoms with E-state index in [4.69, 9.17) is 4.74 Å². The number of amides is 1. The molecule has 1 N–H and O–H groups in total. The van der Waals surface area contributed by atoms with Crippen LogP contribution in [0.25, 0.3) is 0 Å². The summed E-state index contributed by atoms with van der Waals surface area (Å²) in [5.74, 6) is 0.496. The van der Waals surface area contributed by atoms with Crippen molar-refractivity contribution in [2.75, 3.05) is 18.1 Å². The number of methoxy groups -OCH3 is 1. The van der Waals surface area contributed by atoms with E-state index in [1.165, 1.54) is 0 Å². The normalized spacial score (nSPS) is 9.94. The molecular weight excluding hydrogens is 385 g/mol. The van der Waals surface area contributed by atoms with Gasteiger partial charge in [0.2, 0.25) is 0 Å². The molecule has 0 atom stereocenters. The Bertz CT molecular complexity index is 371. The standard InChI is InChI=1S/C11H13BrINO2/c1-16-10-7-8(12)3-4-9(10)11(15)14-6-2-5-13/h3-4,7H,2,5-6H2,1H3,(H,14,15). The molecule has 0 saturated heterocycles. The molecule has 0 aliphatic heterocycles. The summed E-state index contributed by atoms with van der Waals surface area (Å²) < 4.78 is 7.09. The van der Waals surface area contributed by atoms with Gasteiger partial charge in [-0.2, -0.15) is 0 Å². The van der Waals surface area contributed by atoms with Gasteiger partial charge in [-0.3, -0.25) is 4.79 Å². The van der Waals surface area contributed by atoms with Crippen molar-refractivity contribution in [2.24, 2.45) is 0 Å².